The molecule has 160 valence electrons. The van der Waals surface area contributed by atoms with E-state index in [9.17, 15) is 5.11 Å². The molecule has 0 aliphatic carbocycles. The van der Waals surface area contributed by atoms with Gasteiger partial charge in [-0.15, -0.1) is 0 Å². The highest BCUT2D eigenvalue weighted by atomic mass is 16.5. The predicted octanol–water partition coefficient (Wildman–Crippen LogP) is 5.03. The van der Waals surface area contributed by atoms with Crippen molar-refractivity contribution >= 4 is 0 Å². The minimum Gasteiger partial charge on any atom is -0.439 e. The van der Waals surface area contributed by atoms with E-state index in [1.807, 2.05) is 61.1 Å². The van der Waals surface area contributed by atoms with Crippen molar-refractivity contribution in [3.05, 3.63) is 65.7 Å². The first-order valence-corrected chi connectivity index (χ1v) is 10.6. The molecule has 0 fully saturated rings. The largest absolute Gasteiger partial charge is 0.439 e. The van der Waals surface area contributed by atoms with Crippen molar-refractivity contribution in [2.24, 2.45) is 13.0 Å². The number of nitrogens with zero attached hydrogens (tertiary/aromatic N) is 3. The molecule has 0 aliphatic heterocycles. The molecule has 5 nitrogen and oxygen atoms in total. The highest BCUT2D eigenvalue weighted by molar-refractivity contribution is 5.65. The van der Waals surface area contributed by atoms with E-state index in [1.54, 1.807) is 0 Å². The van der Waals surface area contributed by atoms with E-state index in [0.717, 1.165) is 35.0 Å². The minimum absolute atomic E-state index is 0.401. The lowest BCUT2D eigenvalue weighted by Crippen LogP contribution is -2.33. The van der Waals surface area contributed by atoms with Gasteiger partial charge in [0.25, 0.3) is 0 Å². The Balaban J connectivity index is 2.02. The van der Waals surface area contributed by atoms with E-state index >= 15 is 0 Å². The quantitative estimate of drug-likeness (QED) is 0.541. The third-order valence-electron chi connectivity index (χ3n) is 4.90. The van der Waals surface area contributed by atoms with E-state index in [2.05, 4.69) is 37.8 Å². The van der Waals surface area contributed by atoms with Gasteiger partial charge in [-0.3, -0.25) is 4.90 Å². The van der Waals surface area contributed by atoms with Crippen molar-refractivity contribution in [1.29, 1.82) is 0 Å². The van der Waals surface area contributed by atoms with Crippen LogP contribution in [-0.4, -0.2) is 39.0 Å². The number of hydrogen-bond donors (Lipinski definition) is 1. The minimum atomic E-state index is -0.401. The number of ether oxygens (including phenoxy) is 1. The molecular weight excluding hydrogens is 374 g/mol. The summed E-state index contributed by atoms with van der Waals surface area (Å²) in [5.41, 5.74) is 4.20. The van der Waals surface area contributed by atoms with E-state index in [0.29, 0.717) is 19.0 Å². The second-order valence-corrected chi connectivity index (χ2v) is 8.47. The molecule has 30 heavy (non-hydrogen) atoms. The summed E-state index contributed by atoms with van der Waals surface area (Å²) in [6.07, 6.45) is -0.401. The van der Waals surface area contributed by atoms with E-state index < -0.39 is 6.10 Å². The molecular formula is C25H33N3O2. The molecule has 0 saturated heterocycles. The second-order valence-electron chi connectivity index (χ2n) is 8.47. The molecule has 1 N–H and O–H groups in total. The van der Waals surface area contributed by atoms with Gasteiger partial charge in [0.2, 0.25) is 5.88 Å². The summed E-state index contributed by atoms with van der Waals surface area (Å²) >= 11 is 0. The Hall–Kier alpha value is -2.63. The Morgan fingerprint density at radius 3 is 2.27 bits per heavy atom. The molecule has 1 aromatic heterocycles. The third kappa shape index (κ3) is 5.71. The van der Waals surface area contributed by atoms with E-state index in [-0.39, 0.29) is 0 Å². The van der Waals surface area contributed by atoms with E-state index in [4.69, 9.17) is 9.84 Å². The van der Waals surface area contributed by atoms with Gasteiger partial charge in [-0.05, 0) is 31.9 Å². The maximum Gasteiger partial charge on any atom is 0.222 e. The van der Waals surface area contributed by atoms with Crippen LogP contribution in [0.5, 0.6) is 11.6 Å². The van der Waals surface area contributed by atoms with Gasteiger partial charge in [0, 0.05) is 32.2 Å². The van der Waals surface area contributed by atoms with Crippen LogP contribution in [0.4, 0.5) is 0 Å². The first-order chi connectivity index (χ1) is 14.3. The van der Waals surface area contributed by atoms with Crippen LogP contribution < -0.4 is 4.74 Å². The number of hydrogen-bond acceptors (Lipinski definition) is 4. The predicted molar refractivity (Wildman–Crippen MR) is 122 cm³/mol. The Morgan fingerprint density at radius 1 is 1.00 bits per heavy atom. The summed E-state index contributed by atoms with van der Waals surface area (Å²) in [7, 11) is 1.92. The molecule has 0 bridgehead atoms. The van der Waals surface area contributed by atoms with Gasteiger partial charge in [-0.25, -0.2) is 4.68 Å². The van der Waals surface area contributed by atoms with Crippen molar-refractivity contribution in [2.75, 3.05) is 13.1 Å². The first kappa shape index (κ1) is 22.1. The number of aliphatic hydroxyl groups is 1. The molecule has 3 aromatic rings. The number of aromatic nitrogens is 2. The van der Waals surface area contributed by atoms with Crippen LogP contribution in [0.1, 0.15) is 31.9 Å². The lowest BCUT2D eigenvalue weighted by molar-refractivity contribution is 0.114. The molecule has 2 aromatic carbocycles. The standard InChI is InChI=1S/C25H33N3O2/c1-18(2)15-28(16-20(4)29)17-23-24(21-9-7-6-8-10-21)26-27(5)25(23)30-22-13-11-19(3)12-14-22/h6-14,18,20,29H,15-17H2,1-5H3/t20-/m0/s1. The van der Waals surface area contributed by atoms with Gasteiger partial charge in [-0.2, -0.15) is 5.10 Å². The van der Waals surface area contributed by atoms with Crippen LogP contribution in [0.25, 0.3) is 11.3 Å². The van der Waals surface area contributed by atoms with E-state index in [1.165, 1.54) is 5.56 Å². The summed E-state index contributed by atoms with van der Waals surface area (Å²) in [6, 6.07) is 18.3. The molecule has 0 spiro atoms. The molecule has 0 unspecified atom stereocenters. The fourth-order valence-electron chi connectivity index (χ4n) is 3.69. The average molecular weight is 408 g/mol. The molecule has 1 heterocycles. The van der Waals surface area contributed by atoms with Crippen molar-refractivity contribution in [1.82, 2.24) is 14.7 Å². The zero-order valence-corrected chi connectivity index (χ0v) is 18.7. The fourth-order valence-corrected chi connectivity index (χ4v) is 3.69. The first-order valence-electron chi connectivity index (χ1n) is 10.6. The second kappa shape index (κ2) is 9.92. The van der Waals surface area contributed by atoms with Crippen LogP contribution in [0.3, 0.4) is 0 Å². The Kier molecular flexibility index (Phi) is 7.29. The van der Waals surface area contributed by atoms with Crippen LogP contribution in [0.15, 0.2) is 54.6 Å². The van der Waals surface area contributed by atoms with Gasteiger partial charge >= 0.3 is 0 Å². The van der Waals surface area contributed by atoms with Crippen molar-refractivity contribution in [3.63, 3.8) is 0 Å². The zero-order chi connectivity index (χ0) is 21.7. The molecule has 0 saturated carbocycles. The lowest BCUT2D eigenvalue weighted by atomic mass is 10.1. The number of rotatable bonds is 9. The van der Waals surface area contributed by atoms with Crippen molar-refractivity contribution in [2.45, 2.75) is 40.3 Å². The van der Waals surface area contributed by atoms with Crippen LogP contribution in [0.2, 0.25) is 0 Å². The normalized spacial score (nSPS) is 12.5. The summed E-state index contributed by atoms with van der Waals surface area (Å²) in [5.74, 6) is 2.01. The van der Waals surface area contributed by atoms with Gasteiger partial charge < -0.3 is 9.84 Å². The van der Waals surface area contributed by atoms with Gasteiger partial charge in [0.15, 0.2) is 0 Å². The summed E-state index contributed by atoms with van der Waals surface area (Å²) in [6.45, 7) is 10.4. The highest BCUT2D eigenvalue weighted by Crippen LogP contribution is 2.34. The Morgan fingerprint density at radius 2 is 1.67 bits per heavy atom. The lowest BCUT2D eigenvalue weighted by Gasteiger charge is -2.26. The van der Waals surface area contributed by atoms with Gasteiger partial charge in [-0.1, -0.05) is 61.9 Å². The fraction of sp³-hybridized carbons (Fsp3) is 0.400. The highest BCUT2D eigenvalue weighted by Gasteiger charge is 2.23. The monoisotopic (exact) mass is 407 g/mol. The van der Waals surface area contributed by atoms with Crippen LogP contribution >= 0.6 is 0 Å². The Bertz CT molecular complexity index is 921. The van der Waals surface area contributed by atoms with Crippen molar-refractivity contribution in [3.8, 4) is 22.9 Å². The molecule has 5 heteroatoms. The SMILES string of the molecule is Cc1ccc(Oc2c(CN(CC(C)C)C[C@H](C)O)c(-c3ccccc3)nn2C)cc1. The van der Waals surface area contributed by atoms with Gasteiger partial charge in [0.05, 0.1) is 11.7 Å². The Labute approximate surface area is 179 Å². The smallest absolute Gasteiger partial charge is 0.222 e. The molecule has 0 radical (unpaired) electrons. The van der Waals surface area contributed by atoms with Gasteiger partial charge in [0.1, 0.15) is 11.4 Å². The van der Waals surface area contributed by atoms with Crippen molar-refractivity contribution < 1.29 is 9.84 Å². The number of aliphatic hydroxyl groups excluding tert-OH is 1. The summed E-state index contributed by atoms with van der Waals surface area (Å²) < 4.78 is 8.13. The third-order valence-corrected chi connectivity index (χ3v) is 4.90. The molecule has 0 amide bonds. The molecule has 0 aliphatic rings. The molecule has 1 atom stereocenters. The summed E-state index contributed by atoms with van der Waals surface area (Å²) in [4.78, 5) is 2.28. The van der Waals surface area contributed by atoms with Crippen LogP contribution in [0, 0.1) is 12.8 Å². The number of benzene rings is 2. The maximum absolute atomic E-state index is 10.0. The molecule has 3 rings (SSSR count). The maximum atomic E-state index is 10.0. The topological polar surface area (TPSA) is 50.5 Å². The zero-order valence-electron chi connectivity index (χ0n) is 18.7. The summed E-state index contributed by atoms with van der Waals surface area (Å²) in [5, 5.41) is 14.9. The number of aryl methyl sites for hydroxylation is 2. The average Bonchev–Trinajstić information content (AvgIpc) is 2.99. The van der Waals surface area contributed by atoms with Crippen LogP contribution in [-0.2, 0) is 13.6 Å².